The molecule has 2 heterocycles. The average Bonchev–Trinajstić information content (AvgIpc) is 2.59. The molecule has 0 atom stereocenters. The molecule has 1 fully saturated rings. The lowest BCUT2D eigenvalue weighted by Gasteiger charge is -2.19. The number of nitrogens with one attached hydrogen (secondary N) is 1. The predicted molar refractivity (Wildman–Crippen MR) is 72.7 cm³/mol. The van der Waals surface area contributed by atoms with Gasteiger partial charge in [-0.2, -0.15) is 0 Å². The highest BCUT2D eigenvalue weighted by Gasteiger charge is 2.23. The van der Waals surface area contributed by atoms with Gasteiger partial charge in [-0.15, -0.1) is 0 Å². The molecule has 0 aromatic carbocycles. The van der Waals surface area contributed by atoms with Gasteiger partial charge in [0.1, 0.15) is 5.69 Å². The molecule has 2 amide bonds. The molecule has 3 N–H and O–H groups in total. The van der Waals surface area contributed by atoms with Crippen LogP contribution in [0.15, 0.2) is 12.3 Å². The van der Waals surface area contributed by atoms with Gasteiger partial charge in [-0.3, -0.25) is 9.59 Å². The molecule has 1 aliphatic heterocycles. The van der Waals surface area contributed by atoms with Gasteiger partial charge in [0.05, 0.1) is 12.2 Å². The SMILES string of the molecule is CCCn1cc(N)cc1C(=O)N1CCCNC(=O)C1. The van der Waals surface area contributed by atoms with Crippen molar-refractivity contribution in [2.75, 3.05) is 25.4 Å². The second-order valence-corrected chi connectivity index (χ2v) is 4.78. The summed E-state index contributed by atoms with van der Waals surface area (Å²) in [5, 5.41) is 2.76. The number of nitrogen functional groups attached to an aromatic ring is 1. The van der Waals surface area contributed by atoms with Crippen LogP contribution in [0.3, 0.4) is 0 Å². The summed E-state index contributed by atoms with van der Waals surface area (Å²) in [6, 6.07) is 1.68. The van der Waals surface area contributed by atoms with Crippen molar-refractivity contribution in [2.45, 2.75) is 26.3 Å². The third-order valence-electron chi connectivity index (χ3n) is 3.15. The van der Waals surface area contributed by atoms with Gasteiger partial charge in [-0.05, 0) is 18.9 Å². The third kappa shape index (κ3) is 3.07. The molecule has 1 saturated heterocycles. The zero-order valence-corrected chi connectivity index (χ0v) is 11.2. The second kappa shape index (κ2) is 5.77. The number of aryl methyl sites for hydroxylation is 1. The minimum Gasteiger partial charge on any atom is -0.397 e. The Bertz CT molecular complexity index is 481. The minimum atomic E-state index is -0.123. The molecular formula is C13H20N4O2. The van der Waals surface area contributed by atoms with Gasteiger partial charge in [-0.1, -0.05) is 6.92 Å². The normalized spacial score (nSPS) is 16.1. The summed E-state index contributed by atoms with van der Waals surface area (Å²) in [4.78, 5) is 25.6. The van der Waals surface area contributed by atoms with Crippen LogP contribution in [0.25, 0.3) is 0 Å². The number of hydrogen-bond donors (Lipinski definition) is 2. The Kier molecular flexibility index (Phi) is 4.09. The van der Waals surface area contributed by atoms with Crippen molar-refractivity contribution in [3.8, 4) is 0 Å². The van der Waals surface area contributed by atoms with Crippen LogP contribution in [-0.4, -0.2) is 40.9 Å². The molecule has 6 heteroatoms. The van der Waals surface area contributed by atoms with Gasteiger partial charge in [0.15, 0.2) is 0 Å². The van der Waals surface area contributed by atoms with Crippen LogP contribution in [0.5, 0.6) is 0 Å². The van der Waals surface area contributed by atoms with Gasteiger partial charge in [0.2, 0.25) is 5.91 Å². The van der Waals surface area contributed by atoms with E-state index in [-0.39, 0.29) is 18.4 Å². The Hall–Kier alpha value is -1.98. The Morgan fingerprint density at radius 1 is 1.53 bits per heavy atom. The van der Waals surface area contributed by atoms with Crippen LogP contribution in [0, 0.1) is 0 Å². The monoisotopic (exact) mass is 264 g/mol. The summed E-state index contributed by atoms with van der Waals surface area (Å²) in [5.41, 5.74) is 6.91. The van der Waals surface area contributed by atoms with E-state index in [1.807, 2.05) is 11.5 Å². The molecule has 0 radical (unpaired) electrons. The van der Waals surface area contributed by atoms with E-state index in [0.717, 1.165) is 19.4 Å². The lowest BCUT2D eigenvalue weighted by atomic mass is 10.3. The highest BCUT2D eigenvalue weighted by molar-refractivity contribution is 5.96. The Balaban J connectivity index is 2.20. The Morgan fingerprint density at radius 3 is 3.05 bits per heavy atom. The quantitative estimate of drug-likeness (QED) is 0.831. The van der Waals surface area contributed by atoms with Crippen molar-refractivity contribution >= 4 is 17.5 Å². The average molecular weight is 264 g/mol. The summed E-state index contributed by atoms with van der Waals surface area (Å²) in [6.45, 7) is 4.13. The minimum absolute atomic E-state index is 0.104. The van der Waals surface area contributed by atoms with Crippen molar-refractivity contribution in [2.24, 2.45) is 0 Å². The number of nitrogens with zero attached hydrogens (tertiary/aromatic N) is 2. The van der Waals surface area contributed by atoms with Gasteiger partial charge >= 0.3 is 0 Å². The lowest BCUT2D eigenvalue weighted by molar-refractivity contribution is -0.121. The topological polar surface area (TPSA) is 80.4 Å². The number of anilines is 1. The standard InChI is InChI=1S/C13H20N4O2/c1-2-5-16-8-10(14)7-11(16)13(19)17-6-3-4-15-12(18)9-17/h7-8H,2-6,9,14H2,1H3,(H,15,18). The third-order valence-corrected chi connectivity index (χ3v) is 3.15. The van der Waals surface area contributed by atoms with Crippen molar-refractivity contribution < 1.29 is 9.59 Å². The molecule has 19 heavy (non-hydrogen) atoms. The first kappa shape index (κ1) is 13.5. The summed E-state index contributed by atoms with van der Waals surface area (Å²) in [5.74, 6) is -0.227. The van der Waals surface area contributed by atoms with E-state index in [0.29, 0.717) is 24.5 Å². The summed E-state index contributed by atoms with van der Waals surface area (Å²) >= 11 is 0. The molecule has 104 valence electrons. The molecule has 6 nitrogen and oxygen atoms in total. The van der Waals surface area contributed by atoms with E-state index in [2.05, 4.69) is 5.32 Å². The van der Waals surface area contributed by atoms with Crippen LogP contribution < -0.4 is 11.1 Å². The van der Waals surface area contributed by atoms with Crippen LogP contribution >= 0.6 is 0 Å². The molecule has 0 spiro atoms. The smallest absolute Gasteiger partial charge is 0.271 e. The van der Waals surface area contributed by atoms with Crippen molar-refractivity contribution in [1.82, 2.24) is 14.8 Å². The van der Waals surface area contributed by atoms with Crippen molar-refractivity contribution in [3.05, 3.63) is 18.0 Å². The van der Waals surface area contributed by atoms with Crippen molar-refractivity contribution in [1.29, 1.82) is 0 Å². The zero-order chi connectivity index (χ0) is 13.8. The van der Waals surface area contributed by atoms with E-state index >= 15 is 0 Å². The first-order valence-electron chi connectivity index (χ1n) is 6.63. The van der Waals surface area contributed by atoms with Gasteiger partial charge < -0.3 is 20.5 Å². The fourth-order valence-electron chi connectivity index (χ4n) is 2.28. The highest BCUT2D eigenvalue weighted by Crippen LogP contribution is 2.14. The van der Waals surface area contributed by atoms with Crippen LogP contribution in [0.2, 0.25) is 0 Å². The molecule has 0 unspecified atom stereocenters. The first-order valence-corrected chi connectivity index (χ1v) is 6.63. The lowest BCUT2D eigenvalue weighted by Crippen LogP contribution is -2.38. The maximum atomic E-state index is 12.5. The number of aromatic nitrogens is 1. The summed E-state index contributed by atoms with van der Waals surface area (Å²) < 4.78 is 1.86. The number of nitrogens with two attached hydrogens (primary N) is 1. The van der Waals surface area contributed by atoms with E-state index in [9.17, 15) is 9.59 Å². The van der Waals surface area contributed by atoms with E-state index < -0.39 is 0 Å². The van der Waals surface area contributed by atoms with Crippen molar-refractivity contribution in [3.63, 3.8) is 0 Å². The van der Waals surface area contributed by atoms with E-state index in [4.69, 9.17) is 5.73 Å². The number of hydrogen-bond acceptors (Lipinski definition) is 3. The molecule has 1 aromatic heterocycles. The Morgan fingerprint density at radius 2 is 2.32 bits per heavy atom. The number of carbonyl (C=O) groups excluding carboxylic acids is 2. The number of amides is 2. The highest BCUT2D eigenvalue weighted by atomic mass is 16.2. The predicted octanol–water partition coefficient (Wildman–Crippen LogP) is 0.442. The maximum Gasteiger partial charge on any atom is 0.271 e. The van der Waals surface area contributed by atoms with Crippen LogP contribution in [-0.2, 0) is 11.3 Å². The maximum absolute atomic E-state index is 12.5. The fourth-order valence-corrected chi connectivity index (χ4v) is 2.28. The molecule has 0 saturated carbocycles. The van der Waals surface area contributed by atoms with Gasteiger partial charge in [0, 0.05) is 25.8 Å². The second-order valence-electron chi connectivity index (χ2n) is 4.78. The largest absolute Gasteiger partial charge is 0.397 e. The summed E-state index contributed by atoms with van der Waals surface area (Å²) in [6.07, 6.45) is 3.48. The van der Waals surface area contributed by atoms with Crippen LogP contribution in [0.1, 0.15) is 30.3 Å². The number of rotatable bonds is 3. The fraction of sp³-hybridized carbons (Fsp3) is 0.538. The van der Waals surface area contributed by atoms with Crippen LogP contribution in [0.4, 0.5) is 5.69 Å². The molecule has 0 bridgehead atoms. The number of carbonyl (C=O) groups is 2. The Labute approximate surface area is 112 Å². The zero-order valence-electron chi connectivity index (χ0n) is 11.2. The van der Waals surface area contributed by atoms with Gasteiger partial charge in [0.25, 0.3) is 5.91 Å². The molecule has 1 aromatic rings. The molecular weight excluding hydrogens is 244 g/mol. The van der Waals surface area contributed by atoms with E-state index in [1.165, 1.54) is 0 Å². The van der Waals surface area contributed by atoms with E-state index in [1.54, 1.807) is 17.2 Å². The van der Waals surface area contributed by atoms with Gasteiger partial charge in [-0.25, -0.2) is 0 Å². The molecule has 2 rings (SSSR count). The molecule has 1 aliphatic rings. The molecule has 0 aliphatic carbocycles. The first-order chi connectivity index (χ1) is 9.11. The summed E-state index contributed by atoms with van der Waals surface area (Å²) in [7, 11) is 0.